The molecule has 2 aromatic rings. The molecule has 0 bridgehead atoms. The summed E-state index contributed by atoms with van der Waals surface area (Å²) in [6.07, 6.45) is 0.864. The molecule has 1 N–H and O–H groups in total. The van der Waals surface area contributed by atoms with Gasteiger partial charge in [0.15, 0.2) is 0 Å². The minimum Gasteiger partial charge on any atom is -0.379 e. The van der Waals surface area contributed by atoms with Crippen molar-refractivity contribution in [2.24, 2.45) is 0 Å². The van der Waals surface area contributed by atoms with Crippen molar-refractivity contribution in [3.05, 3.63) is 71.3 Å². The third-order valence-electron chi connectivity index (χ3n) is 4.61. The highest BCUT2D eigenvalue weighted by atomic mass is 16.5. The lowest BCUT2D eigenvalue weighted by molar-refractivity contribution is 0.0342. The quantitative estimate of drug-likeness (QED) is 0.878. The average molecular weight is 338 g/mol. The zero-order valence-corrected chi connectivity index (χ0v) is 14.8. The number of hydrogen-bond donors (Lipinski definition) is 1. The molecule has 1 heterocycles. The molecule has 4 heteroatoms. The number of nitrogens with one attached hydrogen (secondary N) is 1. The number of carbonyl (C=O) groups is 1. The van der Waals surface area contributed by atoms with Gasteiger partial charge >= 0.3 is 0 Å². The van der Waals surface area contributed by atoms with Gasteiger partial charge in [0.2, 0.25) is 0 Å². The van der Waals surface area contributed by atoms with Crippen molar-refractivity contribution < 1.29 is 9.53 Å². The highest BCUT2D eigenvalue weighted by Gasteiger charge is 2.15. The van der Waals surface area contributed by atoms with E-state index in [1.165, 1.54) is 5.56 Å². The van der Waals surface area contributed by atoms with Gasteiger partial charge < -0.3 is 10.1 Å². The Morgan fingerprint density at radius 1 is 1.12 bits per heavy atom. The van der Waals surface area contributed by atoms with Crippen LogP contribution >= 0.6 is 0 Å². The number of morpholine rings is 1. The largest absolute Gasteiger partial charge is 0.379 e. The maximum absolute atomic E-state index is 12.7. The summed E-state index contributed by atoms with van der Waals surface area (Å²) in [6.45, 7) is 6.42. The fourth-order valence-corrected chi connectivity index (χ4v) is 3.18. The summed E-state index contributed by atoms with van der Waals surface area (Å²) in [5, 5.41) is 3.16. The van der Waals surface area contributed by atoms with Gasteiger partial charge in [-0.1, -0.05) is 49.4 Å². The molecule has 1 aliphatic heterocycles. The van der Waals surface area contributed by atoms with Gasteiger partial charge in [-0.2, -0.15) is 0 Å². The Balaban J connectivity index is 1.66. The molecule has 3 rings (SSSR count). The van der Waals surface area contributed by atoms with Crippen molar-refractivity contribution in [3.63, 3.8) is 0 Å². The maximum atomic E-state index is 12.7. The third kappa shape index (κ3) is 4.91. The molecular formula is C21H26N2O2. The highest BCUT2D eigenvalue weighted by molar-refractivity contribution is 5.94. The number of carbonyl (C=O) groups excluding carboxylic acids is 1. The molecule has 132 valence electrons. The van der Waals surface area contributed by atoms with E-state index in [-0.39, 0.29) is 11.9 Å². The van der Waals surface area contributed by atoms with Crippen molar-refractivity contribution in [3.8, 4) is 0 Å². The van der Waals surface area contributed by atoms with E-state index in [0.29, 0.717) is 0 Å². The molecule has 0 radical (unpaired) electrons. The average Bonchev–Trinajstić information content (AvgIpc) is 2.67. The lowest BCUT2D eigenvalue weighted by Gasteiger charge is -2.26. The Labute approximate surface area is 149 Å². The predicted octanol–water partition coefficient (Wildman–Crippen LogP) is 3.40. The summed E-state index contributed by atoms with van der Waals surface area (Å²) in [6, 6.07) is 18.1. The summed E-state index contributed by atoms with van der Waals surface area (Å²) in [5.41, 5.74) is 3.03. The van der Waals surface area contributed by atoms with E-state index in [2.05, 4.69) is 35.3 Å². The molecule has 1 amide bonds. The Morgan fingerprint density at radius 2 is 1.88 bits per heavy atom. The van der Waals surface area contributed by atoms with E-state index in [1.807, 2.05) is 36.4 Å². The van der Waals surface area contributed by atoms with Crippen LogP contribution in [-0.4, -0.2) is 37.1 Å². The summed E-state index contributed by atoms with van der Waals surface area (Å²) >= 11 is 0. The zero-order chi connectivity index (χ0) is 17.5. The molecule has 1 fully saturated rings. The van der Waals surface area contributed by atoms with E-state index in [4.69, 9.17) is 4.74 Å². The number of hydrogen-bond acceptors (Lipinski definition) is 3. The minimum atomic E-state index is -0.0143. The van der Waals surface area contributed by atoms with Crippen LogP contribution in [0.3, 0.4) is 0 Å². The number of rotatable bonds is 6. The van der Waals surface area contributed by atoms with Crippen LogP contribution in [0.5, 0.6) is 0 Å². The molecule has 4 nitrogen and oxygen atoms in total. The van der Waals surface area contributed by atoms with Crippen molar-refractivity contribution >= 4 is 5.91 Å². The second kappa shape index (κ2) is 8.79. The summed E-state index contributed by atoms with van der Waals surface area (Å²) in [7, 11) is 0. The van der Waals surface area contributed by atoms with Crippen LogP contribution in [0.15, 0.2) is 54.6 Å². The third-order valence-corrected chi connectivity index (χ3v) is 4.61. The Hall–Kier alpha value is -2.17. The molecule has 1 atom stereocenters. The lowest BCUT2D eigenvalue weighted by Crippen LogP contribution is -2.35. The molecule has 0 unspecified atom stereocenters. The number of ether oxygens (including phenoxy) is 1. The van der Waals surface area contributed by atoms with Crippen LogP contribution in [-0.2, 0) is 11.3 Å². The molecule has 0 spiro atoms. The van der Waals surface area contributed by atoms with Crippen LogP contribution in [0.2, 0.25) is 0 Å². The summed E-state index contributed by atoms with van der Waals surface area (Å²) < 4.78 is 5.39. The molecule has 0 saturated carbocycles. The van der Waals surface area contributed by atoms with E-state index < -0.39 is 0 Å². The number of benzene rings is 2. The van der Waals surface area contributed by atoms with E-state index in [9.17, 15) is 4.79 Å². The molecule has 25 heavy (non-hydrogen) atoms. The molecule has 0 aliphatic carbocycles. The first-order valence-electron chi connectivity index (χ1n) is 9.01. The first-order valence-corrected chi connectivity index (χ1v) is 9.01. The Bertz CT molecular complexity index is 681. The highest BCUT2D eigenvalue weighted by Crippen LogP contribution is 2.17. The van der Waals surface area contributed by atoms with Crippen molar-refractivity contribution in [1.29, 1.82) is 0 Å². The zero-order valence-electron chi connectivity index (χ0n) is 14.8. The van der Waals surface area contributed by atoms with Gasteiger partial charge in [-0.25, -0.2) is 0 Å². The van der Waals surface area contributed by atoms with Gasteiger partial charge in [0.25, 0.3) is 5.91 Å². The lowest BCUT2D eigenvalue weighted by atomic mass is 10.0. The van der Waals surface area contributed by atoms with Crippen LogP contribution in [0.25, 0.3) is 0 Å². The van der Waals surface area contributed by atoms with Gasteiger partial charge in [0, 0.05) is 25.2 Å². The second-order valence-corrected chi connectivity index (χ2v) is 6.43. The standard InChI is InChI=1S/C21H26N2O2/c1-2-20(18-8-4-3-5-9-18)22-21(24)19-10-6-7-17(15-19)16-23-11-13-25-14-12-23/h3-10,15,20H,2,11-14,16H2,1H3,(H,22,24)/t20-/m0/s1. The van der Waals surface area contributed by atoms with Crippen LogP contribution in [0, 0.1) is 0 Å². The maximum Gasteiger partial charge on any atom is 0.251 e. The summed E-state index contributed by atoms with van der Waals surface area (Å²) in [5.74, 6) is -0.0143. The Kier molecular flexibility index (Phi) is 6.20. The van der Waals surface area contributed by atoms with Crippen LogP contribution < -0.4 is 5.32 Å². The van der Waals surface area contributed by atoms with E-state index in [1.54, 1.807) is 0 Å². The number of amides is 1. The monoisotopic (exact) mass is 338 g/mol. The van der Waals surface area contributed by atoms with Gasteiger partial charge in [-0.15, -0.1) is 0 Å². The molecule has 0 aromatic heterocycles. The van der Waals surface area contributed by atoms with Crippen LogP contribution in [0.1, 0.15) is 40.9 Å². The van der Waals surface area contributed by atoms with Crippen molar-refractivity contribution in [2.75, 3.05) is 26.3 Å². The van der Waals surface area contributed by atoms with Gasteiger partial charge in [0.1, 0.15) is 0 Å². The molecule has 2 aromatic carbocycles. The van der Waals surface area contributed by atoms with E-state index in [0.717, 1.165) is 50.4 Å². The topological polar surface area (TPSA) is 41.6 Å². The molecular weight excluding hydrogens is 312 g/mol. The predicted molar refractivity (Wildman–Crippen MR) is 99.5 cm³/mol. The Morgan fingerprint density at radius 3 is 2.60 bits per heavy atom. The normalized spacial score (nSPS) is 16.4. The first kappa shape index (κ1) is 17.6. The SMILES string of the molecule is CC[C@H](NC(=O)c1cccc(CN2CCOCC2)c1)c1ccccc1. The van der Waals surface area contributed by atoms with Crippen LogP contribution in [0.4, 0.5) is 0 Å². The van der Waals surface area contributed by atoms with Gasteiger partial charge in [-0.3, -0.25) is 9.69 Å². The second-order valence-electron chi connectivity index (χ2n) is 6.43. The minimum absolute atomic E-state index is 0.0143. The fourth-order valence-electron chi connectivity index (χ4n) is 3.18. The van der Waals surface area contributed by atoms with Gasteiger partial charge in [0.05, 0.1) is 19.3 Å². The fraction of sp³-hybridized carbons (Fsp3) is 0.381. The first-order chi connectivity index (χ1) is 12.3. The smallest absolute Gasteiger partial charge is 0.251 e. The summed E-state index contributed by atoms with van der Waals surface area (Å²) in [4.78, 5) is 15.0. The number of nitrogens with zero attached hydrogens (tertiary/aromatic N) is 1. The van der Waals surface area contributed by atoms with Crippen molar-refractivity contribution in [2.45, 2.75) is 25.9 Å². The van der Waals surface area contributed by atoms with E-state index >= 15 is 0 Å². The molecule has 1 aliphatic rings. The van der Waals surface area contributed by atoms with Gasteiger partial charge in [-0.05, 0) is 29.7 Å². The molecule has 1 saturated heterocycles. The van der Waals surface area contributed by atoms with Crippen molar-refractivity contribution in [1.82, 2.24) is 10.2 Å².